The molecule has 2 aliphatic heterocycles. The number of piperidine rings is 1. The molecule has 0 aliphatic carbocycles. The van der Waals surface area contributed by atoms with Gasteiger partial charge in [-0.2, -0.15) is 0 Å². The van der Waals surface area contributed by atoms with Crippen LogP contribution in [0, 0.1) is 17.7 Å². The molecule has 0 aromatic heterocycles. The van der Waals surface area contributed by atoms with Gasteiger partial charge in [0, 0.05) is 31.7 Å². The number of rotatable bonds is 4. The maximum atomic E-state index is 13.2. The number of nitrogens with zero attached hydrogens (tertiary/aromatic N) is 2. The Bertz CT molecular complexity index is 891. The third kappa shape index (κ3) is 4.26. The lowest BCUT2D eigenvalue weighted by molar-refractivity contribution is -0.122. The fraction of sp³-hybridized carbons (Fsp3) is 0.391. The number of halogens is 1. The molecule has 1 N–H and O–H groups in total. The second kappa shape index (κ2) is 8.23. The minimum atomic E-state index is -0.429. The maximum Gasteiger partial charge on any atom is 0.229 e. The largest absolute Gasteiger partial charge is 0.370 e. The van der Waals surface area contributed by atoms with Crippen molar-refractivity contribution in [2.75, 3.05) is 34.8 Å². The number of para-hydroxylation sites is 2. The number of amides is 2. The van der Waals surface area contributed by atoms with E-state index in [0.29, 0.717) is 12.2 Å². The standard InChI is InChI=1S/C23H26FN3O2/c1-16-10-12-26(13-11-16)21-5-3-2-4-20(21)25-23(29)17-14-22(28)27(15-17)19-8-6-18(24)7-9-19/h2-9,16-17H,10-15H2,1H3,(H,25,29)/t17-/m1/s1. The molecule has 0 unspecified atom stereocenters. The summed E-state index contributed by atoms with van der Waals surface area (Å²) in [6, 6.07) is 13.6. The van der Waals surface area contributed by atoms with E-state index in [1.807, 2.05) is 24.3 Å². The first kappa shape index (κ1) is 19.4. The van der Waals surface area contributed by atoms with Crippen LogP contribution in [0.2, 0.25) is 0 Å². The Kier molecular flexibility index (Phi) is 5.51. The number of hydrogen-bond donors (Lipinski definition) is 1. The first-order valence-electron chi connectivity index (χ1n) is 10.2. The molecule has 4 rings (SSSR count). The van der Waals surface area contributed by atoms with Crippen LogP contribution in [0.25, 0.3) is 0 Å². The van der Waals surface area contributed by atoms with Gasteiger partial charge in [-0.3, -0.25) is 9.59 Å². The van der Waals surface area contributed by atoms with Gasteiger partial charge in [0.05, 0.1) is 17.3 Å². The minimum Gasteiger partial charge on any atom is -0.370 e. The van der Waals surface area contributed by atoms with Crippen LogP contribution in [-0.4, -0.2) is 31.4 Å². The third-order valence-corrected chi connectivity index (χ3v) is 5.92. The van der Waals surface area contributed by atoms with Crippen molar-refractivity contribution >= 4 is 28.9 Å². The normalized spacial score (nSPS) is 20.2. The molecular formula is C23H26FN3O2. The minimum absolute atomic E-state index is 0.116. The molecule has 0 spiro atoms. The van der Waals surface area contributed by atoms with E-state index < -0.39 is 5.92 Å². The van der Waals surface area contributed by atoms with E-state index in [1.54, 1.807) is 17.0 Å². The zero-order chi connectivity index (χ0) is 20.4. The van der Waals surface area contributed by atoms with Gasteiger partial charge in [0.15, 0.2) is 0 Å². The topological polar surface area (TPSA) is 52.7 Å². The summed E-state index contributed by atoms with van der Waals surface area (Å²) in [7, 11) is 0. The van der Waals surface area contributed by atoms with Gasteiger partial charge in [0.2, 0.25) is 11.8 Å². The molecule has 2 heterocycles. The Morgan fingerprint density at radius 3 is 2.48 bits per heavy atom. The predicted octanol–water partition coefficient (Wildman–Crippen LogP) is 4.05. The number of carbonyl (C=O) groups is 2. The molecule has 0 bridgehead atoms. The second-order valence-corrected chi connectivity index (χ2v) is 8.06. The Morgan fingerprint density at radius 1 is 1.07 bits per heavy atom. The van der Waals surface area contributed by atoms with E-state index in [2.05, 4.69) is 17.1 Å². The maximum absolute atomic E-state index is 13.2. The van der Waals surface area contributed by atoms with Crippen LogP contribution in [0.4, 0.5) is 21.5 Å². The molecule has 1 atom stereocenters. The summed E-state index contributed by atoms with van der Waals surface area (Å²) in [5.41, 5.74) is 2.45. The molecule has 0 radical (unpaired) electrons. The molecule has 2 fully saturated rings. The van der Waals surface area contributed by atoms with Gasteiger partial charge in [-0.1, -0.05) is 19.1 Å². The molecule has 0 saturated carbocycles. The summed E-state index contributed by atoms with van der Waals surface area (Å²) < 4.78 is 13.2. The van der Waals surface area contributed by atoms with Gasteiger partial charge < -0.3 is 15.1 Å². The number of benzene rings is 2. The quantitative estimate of drug-likeness (QED) is 0.850. The monoisotopic (exact) mass is 395 g/mol. The summed E-state index contributed by atoms with van der Waals surface area (Å²) in [6.07, 6.45) is 2.45. The van der Waals surface area contributed by atoms with E-state index in [9.17, 15) is 14.0 Å². The highest BCUT2D eigenvalue weighted by molar-refractivity contribution is 6.04. The summed E-state index contributed by atoms with van der Waals surface area (Å²) >= 11 is 0. The summed E-state index contributed by atoms with van der Waals surface area (Å²) in [4.78, 5) is 29.2. The van der Waals surface area contributed by atoms with E-state index in [1.165, 1.54) is 12.1 Å². The van der Waals surface area contributed by atoms with Crippen LogP contribution in [0.1, 0.15) is 26.2 Å². The van der Waals surface area contributed by atoms with E-state index in [0.717, 1.165) is 43.2 Å². The van der Waals surface area contributed by atoms with Crippen molar-refractivity contribution in [2.24, 2.45) is 11.8 Å². The molecule has 2 amide bonds. The molecular weight excluding hydrogens is 369 g/mol. The van der Waals surface area contributed by atoms with E-state index in [4.69, 9.17) is 0 Å². The molecule has 2 saturated heterocycles. The highest BCUT2D eigenvalue weighted by Crippen LogP contribution is 2.31. The van der Waals surface area contributed by atoms with Crippen molar-refractivity contribution in [1.29, 1.82) is 0 Å². The summed E-state index contributed by atoms with van der Waals surface area (Å²) in [5, 5.41) is 3.04. The Hall–Kier alpha value is -2.89. The van der Waals surface area contributed by atoms with Crippen LogP contribution in [0.3, 0.4) is 0 Å². The predicted molar refractivity (Wildman–Crippen MR) is 113 cm³/mol. The Morgan fingerprint density at radius 2 is 1.76 bits per heavy atom. The fourth-order valence-corrected chi connectivity index (χ4v) is 4.09. The fourth-order valence-electron chi connectivity index (χ4n) is 4.09. The van der Waals surface area contributed by atoms with Crippen LogP contribution < -0.4 is 15.1 Å². The van der Waals surface area contributed by atoms with Gasteiger partial charge in [-0.05, 0) is 55.2 Å². The summed E-state index contributed by atoms with van der Waals surface area (Å²) in [6.45, 7) is 4.54. The number of hydrogen-bond acceptors (Lipinski definition) is 3. The average Bonchev–Trinajstić information content (AvgIpc) is 3.12. The van der Waals surface area contributed by atoms with Crippen molar-refractivity contribution in [3.05, 3.63) is 54.3 Å². The molecule has 2 aromatic rings. The van der Waals surface area contributed by atoms with Gasteiger partial charge in [-0.15, -0.1) is 0 Å². The number of anilines is 3. The van der Waals surface area contributed by atoms with Gasteiger partial charge in [-0.25, -0.2) is 4.39 Å². The Labute approximate surface area is 170 Å². The summed E-state index contributed by atoms with van der Waals surface area (Å²) in [5.74, 6) is -0.314. The van der Waals surface area contributed by atoms with E-state index >= 15 is 0 Å². The SMILES string of the molecule is CC1CCN(c2ccccc2NC(=O)[C@@H]2CC(=O)N(c3ccc(F)cc3)C2)CC1. The van der Waals surface area contributed by atoms with Crippen LogP contribution in [0.5, 0.6) is 0 Å². The molecule has 6 heteroatoms. The Balaban J connectivity index is 1.45. The zero-order valence-corrected chi connectivity index (χ0v) is 16.6. The lowest BCUT2D eigenvalue weighted by atomic mass is 9.98. The first-order chi connectivity index (χ1) is 14.0. The van der Waals surface area contributed by atoms with Crippen molar-refractivity contribution < 1.29 is 14.0 Å². The van der Waals surface area contributed by atoms with Gasteiger partial charge >= 0.3 is 0 Å². The highest BCUT2D eigenvalue weighted by atomic mass is 19.1. The van der Waals surface area contributed by atoms with Gasteiger partial charge in [0.1, 0.15) is 5.82 Å². The van der Waals surface area contributed by atoms with Crippen molar-refractivity contribution in [2.45, 2.75) is 26.2 Å². The molecule has 152 valence electrons. The smallest absolute Gasteiger partial charge is 0.229 e. The molecule has 2 aliphatic rings. The molecule has 29 heavy (non-hydrogen) atoms. The average molecular weight is 395 g/mol. The van der Waals surface area contributed by atoms with Crippen molar-refractivity contribution in [1.82, 2.24) is 0 Å². The van der Waals surface area contributed by atoms with Crippen molar-refractivity contribution in [3.63, 3.8) is 0 Å². The van der Waals surface area contributed by atoms with Gasteiger partial charge in [0.25, 0.3) is 0 Å². The lowest BCUT2D eigenvalue weighted by Crippen LogP contribution is -2.34. The lowest BCUT2D eigenvalue weighted by Gasteiger charge is -2.33. The first-order valence-corrected chi connectivity index (χ1v) is 10.2. The highest BCUT2D eigenvalue weighted by Gasteiger charge is 2.35. The van der Waals surface area contributed by atoms with Crippen LogP contribution in [0.15, 0.2) is 48.5 Å². The molecule has 2 aromatic carbocycles. The third-order valence-electron chi connectivity index (χ3n) is 5.92. The zero-order valence-electron chi connectivity index (χ0n) is 16.6. The van der Waals surface area contributed by atoms with Crippen molar-refractivity contribution in [3.8, 4) is 0 Å². The molecule has 5 nitrogen and oxygen atoms in total. The second-order valence-electron chi connectivity index (χ2n) is 8.06. The van der Waals surface area contributed by atoms with Crippen LogP contribution in [-0.2, 0) is 9.59 Å². The number of nitrogens with one attached hydrogen (secondary N) is 1. The number of carbonyl (C=O) groups excluding carboxylic acids is 2. The van der Waals surface area contributed by atoms with Crippen LogP contribution >= 0.6 is 0 Å². The van der Waals surface area contributed by atoms with E-state index in [-0.39, 0.29) is 24.1 Å².